The van der Waals surface area contributed by atoms with E-state index in [1.54, 1.807) is 10.9 Å². The van der Waals surface area contributed by atoms with Crippen molar-refractivity contribution < 1.29 is 0 Å². The Bertz CT molecular complexity index is 902. The molecule has 0 spiro atoms. The number of rotatable bonds is 4. The molecule has 130 valence electrons. The zero-order valence-electron chi connectivity index (χ0n) is 14.6. The normalized spacial score (nSPS) is 15.9. The van der Waals surface area contributed by atoms with E-state index in [0.717, 1.165) is 37.1 Å². The van der Waals surface area contributed by atoms with Crippen molar-refractivity contribution in [2.75, 3.05) is 24.1 Å². The van der Waals surface area contributed by atoms with Gasteiger partial charge in [-0.1, -0.05) is 24.3 Å². The molecular weight excluding hydrogens is 314 g/mol. The SMILES string of the molecule is C[C@@H](CNc1nc(N)c2cnn(C)c2n1)N1CCc2ccccc2C1. The van der Waals surface area contributed by atoms with Gasteiger partial charge in [0.25, 0.3) is 0 Å². The van der Waals surface area contributed by atoms with E-state index in [-0.39, 0.29) is 0 Å². The van der Waals surface area contributed by atoms with Crippen molar-refractivity contribution in [2.45, 2.75) is 25.9 Å². The molecule has 4 rings (SSSR count). The van der Waals surface area contributed by atoms with E-state index in [0.29, 0.717) is 17.8 Å². The van der Waals surface area contributed by atoms with E-state index in [2.05, 4.69) is 56.5 Å². The van der Waals surface area contributed by atoms with Crippen molar-refractivity contribution >= 4 is 22.8 Å². The molecule has 7 heteroatoms. The first-order valence-electron chi connectivity index (χ1n) is 8.62. The maximum absolute atomic E-state index is 6.02. The van der Waals surface area contributed by atoms with Gasteiger partial charge in [-0.25, -0.2) is 0 Å². The second-order valence-corrected chi connectivity index (χ2v) is 6.66. The van der Waals surface area contributed by atoms with Gasteiger partial charge in [0.2, 0.25) is 5.95 Å². The molecule has 2 aromatic heterocycles. The van der Waals surface area contributed by atoms with Crippen LogP contribution in [0.3, 0.4) is 0 Å². The Morgan fingerprint density at radius 1 is 1.24 bits per heavy atom. The molecule has 1 aliphatic heterocycles. The molecule has 0 saturated carbocycles. The fourth-order valence-electron chi connectivity index (χ4n) is 3.38. The minimum Gasteiger partial charge on any atom is -0.383 e. The Morgan fingerprint density at radius 2 is 2.04 bits per heavy atom. The number of aryl methyl sites for hydroxylation is 1. The summed E-state index contributed by atoms with van der Waals surface area (Å²) in [6.45, 7) is 5.06. The number of benzene rings is 1. The van der Waals surface area contributed by atoms with Crippen LogP contribution >= 0.6 is 0 Å². The summed E-state index contributed by atoms with van der Waals surface area (Å²) in [7, 11) is 1.85. The summed E-state index contributed by atoms with van der Waals surface area (Å²) >= 11 is 0. The smallest absolute Gasteiger partial charge is 0.226 e. The largest absolute Gasteiger partial charge is 0.383 e. The van der Waals surface area contributed by atoms with E-state index in [9.17, 15) is 0 Å². The highest BCUT2D eigenvalue weighted by Crippen LogP contribution is 2.21. The number of fused-ring (bicyclic) bond motifs is 2. The number of hydrogen-bond donors (Lipinski definition) is 2. The summed E-state index contributed by atoms with van der Waals surface area (Å²) in [5.74, 6) is 1.01. The van der Waals surface area contributed by atoms with Crippen molar-refractivity contribution in [3.8, 4) is 0 Å². The van der Waals surface area contributed by atoms with Crippen LogP contribution in [-0.4, -0.2) is 43.8 Å². The van der Waals surface area contributed by atoms with Crippen LogP contribution in [0.4, 0.5) is 11.8 Å². The summed E-state index contributed by atoms with van der Waals surface area (Å²) in [5, 5.41) is 8.30. The molecule has 0 amide bonds. The molecule has 3 N–H and O–H groups in total. The quantitative estimate of drug-likeness (QED) is 0.755. The van der Waals surface area contributed by atoms with Crippen LogP contribution in [0.1, 0.15) is 18.1 Å². The first kappa shape index (κ1) is 15.8. The molecule has 0 saturated heterocycles. The lowest BCUT2D eigenvalue weighted by atomic mass is 9.99. The molecule has 25 heavy (non-hydrogen) atoms. The number of aromatic nitrogens is 4. The van der Waals surface area contributed by atoms with Gasteiger partial charge in [0.05, 0.1) is 11.6 Å². The van der Waals surface area contributed by atoms with Crippen molar-refractivity contribution in [2.24, 2.45) is 7.05 Å². The fourth-order valence-corrected chi connectivity index (χ4v) is 3.38. The first-order valence-corrected chi connectivity index (χ1v) is 8.62. The van der Waals surface area contributed by atoms with Crippen molar-refractivity contribution in [1.29, 1.82) is 0 Å². The highest BCUT2D eigenvalue weighted by Gasteiger charge is 2.20. The van der Waals surface area contributed by atoms with E-state index in [1.165, 1.54) is 11.1 Å². The van der Waals surface area contributed by atoms with Crippen LogP contribution in [0.2, 0.25) is 0 Å². The minimum atomic E-state index is 0.375. The molecule has 0 unspecified atom stereocenters. The molecule has 7 nitrogen and oxygen atoms in total. The molecule has 0 bridgehead atoms. The number of nitrogen functional groups attached to an aromatic ring is 1. The third kappa shape index (κ3) is 3.02. The standard InChI is InChI=1S/C18H23N7/c1-12(25-8-7-13-5-3-4-6-14(13)11-25)9-20-18-22-16(19)15-10-21-24(2)17(15)23-18/h3-6,10,12H,7-9,11H2,1-2H3,(H3,19,20,22,23)/t12-/m0/s1. The molecule has 0 fully saturated rings. The third-order valence-electron chi connectivity index (χ3n) is 4.96. The predicted octanol–water partition coefficient (Wildman–Crippen LogP) is 1.80. The minimum absolute atomic E-state index is 0.375. The maximum Gasteiger partial charge on any atom is 0.226 e. The summed E-state index contributed by atoms with van der Waals surface area (Å²) < 4.78 is 1.71. The van der Waals surface area contributed by atoms with Gasteiger partial charge in [-0.3, -0.25) is 9.58 Å². The van der Waals surface area contributed by atoms with Crippen molar-refractivity contribution in [3.05, 3.63) is 41.6 Å². The third-order valence-corrected chi connectivity index (χ3v) is 4.96. The number of hydrogen-bond acceptors (Lipinski definition) is 6. The molecule has 1 aromatic carbocycles. The van der Waals surface area contributed by atoms with Crippen LogP contribution < -0.4 is 11.1 Å². The highest BCUT2D eigenvalue weighted by atomic mass is 15.3. The zero-order chi connectivity index (χ0) is 17.4. The molecule has 3 aromatic rings. The van der Waals surface area contributed by atoms with Crippen LogP contribution in [0, 0.1) is 0 Å². The molecule has 0 aliphatic carbocycles. The average molecular weight is 337 g/mol. The van der Waals surface area contributed by atoms with Gasteiger partial charge >= 0.3 is 0 Å². The maximum atomic E-state index is 6.02. The van der Waals surface area contributed by atoms with Gasteiger partial charge in [-0.05, 0) is 24.5 Å². The van der Waals surface area contributed by atoms with Gasteiger partial charge in [0, 0.05) is 32.7 Å². The first-order chi connectivity index (χ1) is 12.1. The van der Waals surface area contributed by atoms with E-state index in [4.69, 9.17) is 5.73 Å². The predicted molar refractivity (Wildman–Crippen MR) is 99.2 cm³/mol. The number of nitrogens with one attached hydrogen (secondary N) is 1. The molecule has 3 heterocycles. The summed E-state index contributed by atoms with van der Waals surface area (Å²) in [4.78, 5) is 11.4. The van der Waals surface area contributed by atoms with Gasteiger partial charge < -0.3 is 11.1 Å². The Hall–Kier alpha value is -2.67. The second-order valence-electron chi connectivity index (χ2n) is 6.66. The van der Waals surface area contributed by atoms with Crippen LogP contribution in [0.15, 0.2) is 30.5 Å². The topological polar surface area (TPSA) is 84.9 Å². The highest BCUT2D eigenvalue weighted by molar-refractivity contribution is 5.86. The summed E-state index contributed by atoms with van der Waals surface area (Å²) in [5.41, 5.74) is 9.66. The van der Waals surface area contributed by atoms with Gasteiger partial charge in [-0.15, -0.1) is 0 Å². The van der Waals surface area contributed by atoms with E-state index < -0.39 is 0 Å². The lowest BCUT2D eigenvalue weighted by molar-refractivity contribution is 0.198. The molecule has 0 radical (unpaired) electrons. The monoisotopic (exact) mass is 337 g/mol. The Kier molecular flexibility index (Phi) is 4.01. The molecule has 1 aliphatic rings. The van der Waals surface area contributed by atoms with E-state index in [1.807, 2.05) is 7.05 Å². The average Bonchev–Trinajstić information content (AvgIpc) is 3.01. The lowest BCUT2D eigenvalue weighted by Crippen LogP contribution is -2.41. The summed E-state index contributed by atoms with van der Waals surface area (Å²) in [6.07, 6.45) is 2.80. The van der Waals surface area contributed by atoms with Gasteiger partial charge in [-0.2, -0.15) is 15.1 Å². The number of nitrogens with zero attached hydrogens (tertiary/aromatic N) is 5. The molecule has 1 atom stereocenters. The summed E-state index contributed by atoms with van der Waals surface area (Å²) in [6, 6.07) is 9.07. The Morgan fingerprint density at radius 3 is 2.88 bits per heavy atom. The van der Waals surface area contributed by atoms with Crippen LogP contribution in [0.25, 0.3) is 11.0 Å². The van der Waals surface area contributed by atoms with Gasteiger partial charge in [0.15, 0.2) is 5.65 Å². The Labute approximate surface area is 146 Å². The molecular formula is C18H23N7. The van der Waals surface area contributed by atoms with Gasteiger partial charge in [0.1, 0.15) is 5.82 Å². The lowest BCUT2D eigenvalue weighted by Gasteiger charge is -2.33. The zero-order valence-corrected chi connectivity index (χ0v) is 14.6. The Balaban J connectivity index is 1.44. The van der Waals surface area contributed by atoms with E-state index >= 15 is 0 Å². The fraction of sp³-hybridized carbons (Fsp3) is 0.389. The van der Waals surface area contributed by atoms with Crippen molar-refractivity contribution in [1.82, 2.24) is 24.6 Å². The van der Waals surface area contributed by atoms with Crippen LogP contribution in [-0.2, 0) is 20.0 Å². The number of anilines is 2. The van der Waals surface area contributed by atoms with Crippen LogP contribution in [0.5, 0.6) is 0 Å². The van der Waals surface area contributed by atoms with Crippen molar-refractivity contribution in [3.63, 3.8) is 0 Å². The number of nitrogens with two attached hydrogens (primary N) is 1. The second kappa shape index (κ2) is 6.33.